The van der Waals surface area contributed by atoms with E-state index in [9.17, 15) is 0 Å². The van der Waals surface area contributed by atoms with Gasteiger partial charge < -0.3 is 5.73 Å². The van der Waals surface area contributed by atoms with E-state index in [1.54, 1.807) is 10.4 Å². The third kappa shape index (κ3) is 2.00. The number of hydrogen-bond acceptors (Lipinski definition) is 3. The summed E-state index contributed by atoms with van der Waals surface area (Å²) >= 11 is 1.95. The molecule has 0 fully saturated rings. The Hall–Kier alpha value is -1.19. The van der Waals surface area contributed by atoms with Gasteiger partial charge in [0.15, 0.2) is 0 Å². The van der Waals surface area contributed by atoms with Crippen molar-refractivity contribution >= 4 is 11.3 Å². The Morgan fingerprint density at radius 3 is 3.00 bits per heavy atom. The number of pyridine rings is 1. The Balaban J connectivity index is 1.67. The molecule has 0 radical (unpaired) electrons. The van der Waals surface area contributed by atoms with Crippen molar-refractivity contribution < 1.29 is 0 Å². The average molecular weight is 284 g/mol. The Bertz CT molecular complexity index is 610. The minimum Gasteiger partial charge on any atom is -0.323 e. The molecule has 0 bridgehead atoms. The topological polar surface area (TPSA) is 38.9 Å². The second-order valence-corrected chi connectivity index (χ2v) is 7.19. The van der Waals surface area contributed by atoms with Crippen molar-refractivity contribution in [3.05, 3.63) is 51.0 Å². The van der Waals surface area contributed by atoms with Gasteiger partial charge in [-0.3, -0.25) is 4.98 Å². The molecule has 2 aliphatic carbocycles. The molecule has 3 heteroatoms. The molecule has 2 unspecified atom stereocenters. The molecular formula is C17H20N2S. The molecule has 2 heterocycles. The second kappa shape index (κ2) is 4.97. The third-order valence-electron chi connectivity index (χ3n) is 4.77. The van der Waals surface area contributed by atoms with E-state index in [4.69, 9.17) is 5.73 Å². The zero-order chi connectivity index (χ0) is 13.5. The SMILES string of the molecule is NC(c1cc2c(s1)CCC2)C1CCCc2cccnc21. The van der Waals surface area contributed by atoms with Gasteiger partial charge in [-0.25, -0.2) is 0 Å². The smallest absolute Gasteiger partial charge is 0.0485 e. The second-order valence-electron chi connectivity index (χ2n) is 6.02. The lowest BCUT2D eigenvalue weighted by molar-refractivity contribution is 0.467. The van der Waals surface area contributed by atoms with Crippen LogP contribution in [0.3, 0.4) is 0 Å². The predicted molar refractivity (Wildman–Crippen MR) is 83.2 cm³/mol. The maximum atomic E-state index is 6.62. The minimum atomic E-state index is 0.125. The van der Waals surface area contributed by atoms with Crippen molar-refractivity contribution in [2.75, 3.05) is 0 Å². The van der Waals surface area contributed by atoms with Crippen LogP contribution in [-0.4, -0.2) is 4.98 Å². The summed E-state index contributed by atoms with van der Waals surface area (Å²) in [5.74, 6) is 0.402. The van der Waals surface area contributed by atoms with Gasteiger partial charge in [0.2, 0.25) is 0 Å². The zero-order valence-electron chi connectivity index (χ0n) is 11.6. The summed E-state index contributed by atoms with van der Waals surface area (Å²) in [6, 6.07) is 6.76. The van der Waals surface area contributed by atoms with Crippen molar-refractivity contribution in [1.82, 2.24) is 4.98 Å². The highest BCUT2D eigenvalue weighted by molar-refractivity contribution is 7.12. The molecule has 2 N–H and O–H groups in total. The minimum absolute atomic E-state index is 0.125. The number of nitrogens with two attached hydrogens (primary N) is 1. The summed E-state index contributed by atoms with van der Waals surface area (Å²) in [7, 11) is 0. The van der Waals surface area contributed by atoms with Crippen LogP contribution >= 0.6 is 11.3 Å². The van der Waals surface area contributed by atoms with Crippen LogP contribution in [0.4, 0.5) is 0 Å². The maximum Gasteiger partial charge on any atom is 0.0485 e. The molecule has 2 aliphatic rings. The van der Waals surface area contributed by atoms with Gasteiger partial charge in [0.1, 0.15) is 0 Å². The lowest BCUT2D eigenvalue weighted by Gasteiger charge is -2.28. The molecule has 0 amide bonds. The molecule has 0 aromatic carbocycles. The van der Waals surface area contributed by atoms with Gasteiger partial charge in [-0.05, 0) is 61.8 Å². The van der Waals surface area contributed by atoms with Gasteiger partial charge in [0.05, 0.1) is 0 Å². The Morgan fingerprint density at radius 1 is 1.20 bits per heavy atom. The van der Waals surface area contributed by atoms with Gasteiger partial charge in [-0.1, -0.05) is 6.07 Å². The number of aromatic nitrogens is 1. The summed E-state index contributed by atoms with van der Waals surface area (Å²) in [5, 5.41) is 0. The van der Waals surface area contributed by atoms with Gasteiger partial charge in [-0.15, -0.1) is 11.3 Å². The Kier molecular flexibility index (Phi) is 3.12. The van der Waals surface area contributed by atoms with Gasteiger partial charge in [0.25, 0.3) is 0 Å². The lowest BCUT2D eigenvalue weighted by atomic mass is 9.82. The molecule has 2 aromatic rings. The number of aryl methyl sites for hydroxylation is 3. The highest BCUT2D eigenvalue weighted by Crippen LogP contribution is 2.42. The zero-order valence-corrected chi connectivity index (χ0v) is 12.5. The molecule has 104 valence electrons. The van der Waals surface area contributed by atoms with Crippen LogP contribution in [-0.2, 0) is 19.3 Å². The number of hydrogen-bond donors (Lipinski definition) is 1. The Labute approximate surface area is 124 Å². The molecule has 0 spiro atoms. The van der Waals surface area contributed by atoms with Crippen LogP contribution < -0.4 is 5.73 Å². The molecule has 2 aromatic heterocycles. The first kappa shape index (κ1) is 12.5. The quantitative estimate of drug-likeness (QED) is 0.912. The fourth-order valence-corrected chi connectivity index (χ4v) is 5.03. The van der Waals surface area contributed by atoms with E-state index in [1.807, 2.05) is 23.6 Å². The average Bonchev–Trinajstić information content (AvgIpc) is 3.07. The van der Waals surface area contributed by atoms with Crippen LogP contribution in [0, 0.1) is 0 Å². The van der Waals surface area contributed by atoms with E-state index in [2.05, 4.69) is 17.1 Å². The molecule has 2 nitrogen and oxygen atoms in total. The van der Waals surface area contributed by atoms with E-state index < -0.39 is 0 Å². The fraction of sp³-hybridized carbons (Fsp3) is 0.471. The van der Waals surface area contributed by atoms with Crippen LogP contribution in [0.1, 0.15) is 57.8 Å². The fourth-order valence-electron chi connectivity index (χ4n) is 3.71. The molecule has 2 atom stereocenters. The molecule has 0 aliphatic heterocycles. The summed E-state index contributed by atoms with van der Waals surface area (Å²) in [6.07, 6.45) is 9.32. The molecule has 0 saturated heterocycles. The largest absolute Gasteiger partial charge is 0.323 e. The van der Waals surface area contributed by atoms with Crippen LogP contribution in [0.25, 0.3) is 0 Å². The van der Waals surface area contributed by atoms with E-state index in [1.165, 1.54) is 48.2 Å². The summed E-state index contributed by atoms with van der Waals surface area (Å²) in [4.78, 5) is 7.59. The van der Waals surface area contributed by atoms with Crippen LogP contribution in [0.15, 0.2) is 24.4 Å². The van der Waals surface area contributed by atoms with Gasteiger partial charge >= 0.3 is 0 Å². The first-order chi connectivity index (χ1) is 9.83. The third-order valence-corrected chi connectivity index (χ3v) is 6.10. The van der Waals surface area contributed by atoms with Crippen LogP contribution in [0.2, 0.25) is 0 Å². The number of nitrogens with zero attached hydrogens (tertiary/aromatic N) is 1. The van der Waals surface area contributed by atoms with E-state index in [0.717, 1.165) is 6.42 Å². The summed E-state index contributed by atoms with van der Waals surface area (Å²) in [5.41, 5.74) is 10.8. The van der Waals surface area contributed by atoms with Gasteiger partial charge in [0, 0.05) is 33.6 Å². The standard InChI is InChI=1S/C17H20N2S/c18-16(15-10-12-5-2-8-14(12)20-15)13-7-1-4-11-6-3-9-19-17(11)13/h3,6,9-10,13,16H,1-2,4-5,7-8,18H2. The normalized spacial score (nSPS) is 22.4. The first-order valence-corrected chi connectivity index (χ1v) is 8.45. The van der Waals surface area contributed by atoms with E-state index in [-0.39, 0.29) is 6.04 Å². The molecular weight excluding hydrogens is 264 g/mol. The van der Waals surface area contributed by atoms with Crippen molar-refractivity contribution in [1.29, 1.82) is 0 Å². The first-order valence-electron chi connectivity index (χ1n) is 7.64. The lowest BCUT2D eigenvalue weighted by Crippen LogP contribution is -2.23. The van der Waals surface area contributed by atoms with E-state index >= 15 is 0 Å². The highest BCUT2D eigenvalue weighted by Gasteiger charge is 2.29. The Morgan fingerprint density at radius 2 is 2.10 bits per heavy atom. The molecule has 20 heavy (non-hydrogen) atoms. The molecule has 4 rings (SSSR count). The van der Waals surface area contributed by atoms with Gasteiger partial charge in [-0.2, -0.15) is 0 Å². The van der Waals surface area contributed by atoms with Crippen molar-refractivity contribution in [3.8, 4) is 0 Å². The van der Waals surface area contributed by atoms with Crippen molar-refractivity contribution in [2.24, 2.45) is 5.73 Å². The molecule has 0 saturated carbocycles. The summed E-state index contributed by atoms with van der Waals surface area (Å²) < 4.78 is 0. The van der Waals surface area contributed by atoms with Crippen LogP contribution in [0.5, 0.6) is 0 Å². The van der Waals surface area contributed by atoms with Crippen molar-refractivity contribution in [3.63, 3.8) is 0 Å². The van der Waals surface area contributed by atoms with E-state index in [0.29, 0.717) is 5.92 Å². The number of fused-ring (bicyclic) bond motifs is 2. The highest BCUT2D eigenvalue weighted by atomic mass is 32.1. The number of thiophene rings is 1. The summed E-state index contributed by atoms with van der Waals surface area (Å²) in [6.45, 7) is 0. The predicted octanol–water partition coefficient (Wildman–Crippen LogP) is 3.75. The number of rotatable bonds is 2. The monoisotopic (exact) mass is 284 g/mol. The van der Waals surface area contributed by atoms with Crippen molar-refractivity contribution in [2.45, 2.75) is 50.5 Å². The maximum absolute atomic E-state index is 6.62.